The van der Waals surface area contributed by atoms with Crippen LogP contribution < -0.4 is 0 Å². The summed E-state index contributed by atoms with van der Waals surface area (Å²) in [5.41, 5.74) is 0. The van der Waals surface area contributed by atoms with Gasteiger partial charge in [0.2, 0.25) is 0 Å². The lowest BCUT2D eigenvalue weighted by atomic mass is 10.0. The number of hydrogen-bond donors (Lipinski definition) is 0. The van der Waals surface area contributed by atoms with Crippen LogP contribution in [-0.4, -0.2) is 37.2 Å². The van der Waals surface area contributed by atoms with Crippen molar-refractivity contribution in [1.29, 1.82) is 0 Å². The third-order valence-electron chi connectivity index (χ3n) is 11.8. The predicted molar refractivity (Wildman–Crippen MR) is 252 cm³/mol. The van der Waals surface area contributed by atoms with Gasteiger partial charge < -0.3 is 14.2 Å². The second-order valence-corrected chi connectivity index (χ2v) is 17.8. The monoisotopic (exact) mass is 833 g/mol. The molecule has 0 rings (SSSR count). The molecule has 0 aromatic carbocycles. The van der Waals surface area contributed by atoms with Crippen LogP contribution in [0.15, 0.2) is 12.2 Å². The first-order valence-electron chi connectivity index (χ1n) is 26.2. The van der Waals surface area contributed by atoms with E-state index in [2.05, 4.69) is 32.9 Å². The minimum Gasteiger partial charge on any atom is -0.462 e. The fraction of sp³-hybridized carbons (Fsp3) is 0.906. The average molecular weight is 833 g/mol. The first-order chi connectivity index (χ1) is 29.0. The van der Waals surface area contributed by atoms with Crippen molar-refractivity contribution in [1.82, 2.24) is 0 Å². The van der Waals surface area contributed by atoms with E-state index in [1.54, 1.807) is 0 Å². The molecule has 0 spiro atoms. The lowest BCUT2D eigenvalue weighted by Gasteiger charge is -2.18. The Balaban J connectivity index is 4.24. The summed E-state index contributed by atoms with van der Waals surface area (Å²) in [6.45, 7) is 6.63. The molecule has 0 aliphatic heterocycles. The summed E-state index contributed by atoms with van der Waals surface area (Å²) in [5, 5.41) is 0. The van der Waals surface area contributed by atoms with E-state index in [4.69, 9.17) is 14.2 Å². The van der Waals surface area contributed by atoms with Crippen LogP contribution >= 0.6 is 0 Å². The van der Waals surface area contributed by atoms with Gasteiger partial charge in [0.25, 0.3) is 0 Å². The highest BCUT2D eigenvalue weighted by Crippen LogP contribution is 2.16. The predicted octanol–water partition coefficient (Wildman–Crippen LogP) is 17.0. The maximum atomic E-state index is 12.7. The van der Waals surface area contributed by atoms with E-state index >= 15 is 0 Å². The van der Waals surface area contributed by atoms with Crippen LogP contribution in [0.3, 0.4) is 0 Å². The van der Waals surface area contributed by atoms with Gasteiger partial charge in [0.15, 0.2) is 6.10 Å². The van der Waals surface area contributed by atoms with Crippen molar-refractivity contribution >= 4 is 17.9 Å². The smallest absolute Gasteiger partial charge is 0.306 e. The van der Waals surface area contributed by atoms with Gasteiger partial charge in [-0.1, -0.05) is 238 Å². The van der Waals surface area contributed by atoms with Crippen LogP contribution in [0.2, 0.25) is 0 Å². The van der Waals surface area contributed by atoms with Gasteiger partial charge in [0.1, 0.15) is 13.2 Å². The summed E-state index contributed by atoms with van der Waals surface area (Å²) < 4.78 is 16.8. The van der Waals surface area contributed by atoms with E-state index < -0.39 is 6.10 Å². The van der Waals surface area contributed by atoms with Gasteiger partial charge in [-0.15, -0.1) is 0 Å². The van der Waals surface area contributed by atoms with E-state index in [0.717, 1.165) is 64.2 Å². The van der Waals surface area contributed by atoms with Crippen LogP contribution in [-0.2, 0) is 28.6 Å². The highest BCUT2D eigenvalue weighted by molar-refractivity contribution is 5.71. The lowest BCUT2D eigenvalue weighted by molar-refractivity contribution is -0.167. The van der Waals surface area contributed by atoms with Gasteiger partial charge in [-0.25, -0.2) is 0 Å². The van der Waals surface area contributed by atoms with Crippen LogP contribution in [0.25, 0.3) is 0 Å². The zero-order valence-electron chi connectivity index (χ0n) is 39.8. The van der Waals surface area contributed by atoms with Crippen molar-refractivity contribution in [3.63, 3.8) is 0 Å². The topological polar surface area (TPSA) is 78.9 Å². The van der Waals surface area contributed by atoms with Crippen LogP contribution in [0, 0.1) is 0 Å². The van der Waals surface area contributed by atoms with Gasteiger partial charge in [0.05, 0.1) is 0 Å². The molecule has 0 aromatic heterocycles. The minimum atomic E-state index is -0.766. The van der Waals surface area contributed by atoms with Crippen LogP contribution in [0.5, 0.6) is 0 Å². The Bertz CT molecular complexity index is 916. The Labute approximate surface area is 367 Å². The molecule has 0 N–H and O–H groups in total. The van der Waals surface area contributed by atoms with Crippen LogP contribution in [0.1, 0.15) is 290 Å². The van der Waals surface area contributed by atoms with Crippen LogP contribution in [0.4, 0.5) is 0 Å². The molecule has 1 unspecified atom stereocenters. The Kier molecular flexibility index (Phi) is 47.3. The molecule has 0 fully saturated rings. The number of unbranched alkanes of at least 4 members (excludes halogenated alkanes) is 35. The van der Waals surface area contributed by atoms with Crippen molar-refractivity contribution < 1.29 is 28.6 Å². The molecule has 0 amide bonds. The van der Waals surface area contributed by atoms with E-state index in [1.807, 2.05) is 0 Å². The molecule has 6 nitrogen and oxygen atoms in total. The van der Waals surface area contributed by atoms with Crippen molar-refractivity contribution in [2.24, 2.45) is 0 Å². The molecule has 0 saturated heterocycles. The number of carbonyl (C=O) groups excluding carboxylic acids is 3. The molecule has 0 aromatic rings. The largest absolute Gasteiger partial charge is 0.462 e. The quantitative estimate of drug-likeness (QED) is 0.0263. The third kappa shape index (κ3) is 47.1. The van der Waals surface area contributed by atoms with Crippen molar-refractivity contribution in [2.75, 3.05) is 13.2 Å². The van der Waals surface area contributed by atoms with E-state index in [-0.39, 0.29) is 31.1 Å². The van der Waals surface area contributed by atoms with E-state index in [0.29, 0.717) is 19.3 Å². The number of esters is 3. The Hall–Kier alpha value is -1.85. The standard InChI is InChI=1S/C53H100O6/c1-4-7-10-13-16-19-22-24-25-26-27-28-29-30-32-34-37-40-43-46-52(55)58-49-50(48-57-51(54)45-42-39-36-33-21-18-15-12-9-6-3)59-53(56)47-44-41-38-35-31-23-20-17-14-11-8-5-2/h17,20,50H,4-16,18-19,21-49H2,1-3H3/b20-17-. The lowest BCUT2D eigenvalue weighted by Crippen LogP contribution is -2.30. The first kappa shape index (κ1) is 57.1. The van der Waals surface area contributed by atoms with Crippen molar-refractivity contribution in [3.05, 3.63) is 12.2 Å². The summed E-state index contributed by atoms with van der Waals surface area (Å²) in [4.78, 5) is 37.9. The van der Waals surface area contributed by atoms with E-state index in [9.17, 15) is 14.4 Å². The molecule has 0 radical (unpaired) electrons. The molecule has 0 heterocycles. The van der Waals surface area contributed by atoms with Gasteiger partial charge in [-0.2, -0.15) is 0 Å². The second-order valence-electron chi connectivity index (χ2n) is 17.8. The SMILES string of the molecule is CCCCC/C=C\CCCCCCCC(=O)OC(COC(=O)CCCCCCCCCCCC)COC(=O)CCCCCCCCCCCCCCCCCCCCC. The molecule has 0 bridgehead atoms. The minimum absolute atomic E-state index is 0.0683. The first-order valence-corrected chi connectivity index (χ1v) is 26.2. The summed E-state index contributed by atoms with van der Waals surface area (Å²) in [7, 11) is 0. The molecule has 59 heavy (non-hydrogen) atoms. The summed E-state index contributed by atoms with van der Waals surface area (Å²) in [6, 6.07) is 0. The normalized spacial score (nSPS) is 12.0. The molecular weight excluding hydrogens is 733 g/mol. The van der Waals surface area contributed by atoms with Crippen molar-refractivity contribution in [2.45, 2.75) is 297 Å². The molecule has 0 aliphatic rings. The Morgan fingerprint density at radius 2 is 0.559 bits per heavy atom. The van der Waals surface area contributed by atoms with Gasteiger partial charge in [-0.3, -0.25) is 14.4 Å². The van der Waals surface area contributed by atoms with E-state index in [1.165, 1.54) is 186 Å². The number of hydrogen-bond acceptors (Lipinski definition) is 6. The Morgan fingerprint density at radius 3 is 0.881 bits per heavy atom. The molecular formula is C53H100O6. The molecule has 0 aliphatic carbocycles. The zero-order chi connectivity index (χ0) is 43.0. The molecule has 0 saturated carbocycles. The maximum Gasteiger partial charge on any atom is 0.306 e. The molecule has 348 valence electrons. The highest BCUT2D eigenvalue weighted by Gasteiger charge is 2.19. The molecule has 1 atom stereocenters. The van der Waals surface area contributed by atoms with Gasteiger partial charge in [0, 0.05) is 19.3 Å². The second kappa shape index (κ2) is 48.8. The third-order valence-corrected chi connectivity index (χ3v) is 11.8. The number of allylic oxidation sites excluding steroid dienone is 2. The number of rotatable bonds is 48. The van der Waals surface area contributed by atoms with Crippen molar-refractivity contribution in [3.8, 4) is 0 Å². The fourth-order valence-corrected chi connectivity index (χ4v) is 7.79. The average Bonchev–Trinajstić information content (AvgIpc) is 3.23. The highest BCUT2D eigenvalue weighted by atomic mass is 16.6. The zero-order valence-corrected chi connectivity index (χ0v) is 39.8. The fourth-order valence-electron chi connectivity index (χ4n) is 7.79. The maximum absolute atomic E-state index is 12.7. The Morgan fingerprint density at radius 1 is 0.322 bits per heavy atom. The number of ether oxygens (including phenoxy) is 3. The van der Waals surface area contributed by atoms with Gasteiger partial charge in [-0.05, 0) is 44.9 Å². The van der Waals surface area contributed by atoms with Gasteiger partial charge >= 0.3 is 17.9 Å². The number of carbonyl (C=O) groups is 3. The molecule has 6 heteroatoms. The summed E-state index contributed by atoms with van der Waals surface area (Å²) in [5.74, 6) is -0.863. The summed E-state index contributed by atoms with van der Waals surface area (Å²) >= 11 is 0. The summed E-state index contributed by atoms with van der Waals surface area (Å²) in [6.07, 6.45) is 53.4.